The number of nitrogens with zero attached hydrogens (tertiary/aromatic N) is 1. The average Bonchev–Trinajstić information content (AvgIpc) is 2.98. The van der Waals surface area contributed by atoms with Gasteiger partial charge in [0.25, 0.3) is 0 Å². The summed E-state index contributed by atoms with van der Waals surface area (Å²) in [6, 6.07) is 3.55. The first-order valence-corrected chi connectivity index (χ1v) is 6.29. The lowest BCUT2D eigenvalue weighted by Gasteiger charge is -2.15. The molecule has 0 N–H and O–H groups in total. The van der Waals surface area contributed by atoms with Crippen molar-refractivity contribution >= 4 is 22.0 Å². The Bertz CT molecular complexity index is 809. The zero-order valence-electron chi connectivity index (χ0n) is 12.2. The number of rotatable bonds is 4. The molecular weight excluding hydrogens is 274 g/mol. The van der Waals surface area contributed by atoms with Gasteiger partial charge in [-0.25, -0.2) is 4.98 Å². The molecule has 1 aromatic carbocycles. The zero-order valence-corrected chi connectivity index (χ0v) is 12.2. The summed E-state index contributed by atoms with van der Waals surface area (Å²) >= 11 is 0. The van der Waals surface area contributed by atoms with Gasteiger partial charge in [0.1, 0.15) is 17.0 Å². The highest BCUT2D eigenvalue weighted by atomic mass is 16.5. The van der Waals surface area contributed by atoms with Crippen molar-refractivity contribution in [2.75, 3.05) is 28.4 Å². The van der Waals surface area contributed by atoms with Crippen LogP contribution in [0.4, 0.5) is 0 Å². The summed E-state index contributed by atoms with van der Waals surface area (Å²) in [4.78, 5) is 4.50. The van der Waals surface area contributed by atoms with E-state index in [2.05, 4.69) is 4.98 Å². The molecule has 0 amide bonds. The van der Waals surface area contributed by atoms with Gasteiger partial charge in [-0.05, 0) is 6.07 Å². The van der Waals surface area contributed by atoms with Crippen LogP contribution in [0.3, 0.4) is 0 Å². The van der Waals surface area contributed by atoms with Crippen LogP contribution in [0.5, 0.6) is 23.0 Å². The molecule has 0 aliphatic carbocycles. The molecule has 110 valence electrons. The molecule has 0 atom stereocenters. The first-order valence-electron chi connectivity index (χ1n) is 6.29. The number of fused-ring (bicyclic) bond motifs is 2. The van der Waals surface area contributed by atoms with Gasteiger partial charge in [-0.1, -0.05) is 0 Å². The van der Waals surface area contributed by atoms with Crippen LogP contribution >= 0.6 is 0 Å². The van der Waals surface area contributed by atoms with E-state index in [1.54, 1.807) is 46.8 Å². The monoisotopic (exact) mass is 289 g/mol. The molecule has 2 heterocycles. The Morgan fingerprint density at radius 3 is 2.24 bits per heavy atom. The molecule has 0 radical (unpaired) electrons. The van der Waals surface area contributed by atoms with Crippen molar-refractivity contribution in [3.8, 4) is 23.0 Å². The smallest absolute Gasteiger partial charge is 0.230 e. The maximum Gasteiger partial charge on any atom is 0.230 e. The third-order valence-corrected chi connectivity index (χ3v) is 3.36. The predicted octanol–water partition coefficient (Wildman–Crippen LogP) is 3.02. The Labute approximate surface area is 121 Å². The standard InChI is InChI=1S/C15H15NO5/c1-17-9-7-10(18-2)14(20-4)12-11(9)13(19-3)8-5-6-21-15(8)16-12/h5-7H,1-4H3. The molecule has 6 nitrogen and oxygen atoms in total. The summed E-state index contributed by atoms with van der Waals surface area (Å²) in [5, 5.41) is 1.49. The van der Waals surface area contributed by atoms with Crippen LogP contribution in [-0.2, 0) is 0 Å². The number of hydrogen-bond donors (Lipinski definition) is 0. The minimum Gasteiger partial charge on any atom is -0.496 e. The summed E-state index contributed by atoms with van der Waals surface area (Å²) in [7, 11) is 6.30. The lowest BCUT2D eigenvalue weighted by molar-refractivity contribution is 0.352. The Kier molecular flexibility index (Phi) is 3.21. The molecular formula is C15H15NO5. The van der Waals surface area contributed by atoms with Gasteiger partial charge in [0.15, 0.2) is 11.5 Å². The number of aromatic nitrogens is 1. The summed E-state index contributed by atoms with van der Waals surface area (Å²) in [5.74, 6) is 2.25. The molecule has 3 rings (SSSR count). The van der Waals surface area contributed by atoms with Crippen molar-refractivity contribution in [2.45, 2.75) is 0 Å². The number of methoxy groups -OCH3 is 4. The largest absolute Gasteiger partial charge is 0.496 e. The Balaban J connectivity index is 2.56. The van der Waals surface area contributed by atoms with E-state index in [-0.39, 0.29) is 0 Å². The van der Waals surface area contributed by atoms with E-state index in [0.29, 0.717) is 39.6 Å². The van der Waals surface area contributed by atoms with Crippen LogP contribution in [0.1, 0.15) is 0 Å². The van der Waals surface area contributed by atoms with Crippen LogP contribution in [0.2, 0.25) is 0 Å². The Morgan fingerprint density at radius 2 is 1.62 bits per heavy atom. The normalized spacial score (nSPS) is 10.9. The van der Waals surface area contributed by atoms with Crippen molar-refractivity contribution in [1.29, 1.82) is 0 Å². The fourth-order valence-corrected chi connectivity index (χ4v) is 2.45. The fraction of sp³-hybridized carbons (Fsp3) is 0.267. The molecule has 3 aromatic rings. The molecule has 0 bridgehead atoms. The molecule has 0 unspecified atom stereocenters. The molecule has 0 aliphatic heterocycles. The van der Waals surface area contributed by atoms with E-state index in [0.717, 1.165) is 5.39 Å². The Morgan fingerprint density at radius 1 is 0.905 bits per heavy atom. The number of benzene rings is 1. The molecule has 0 aliphatic rings. The van der Waals surface area contributed by atoms with Crippen molar-refractivity contribution in [3.05, 3.63) is 18.4 Å². The fourth-order valence-electron chi connectivity index (χ4n) is 2.45. The molecule has 2 aromatic heterocycles. The molecule has 0 spiro atoms. The van der Waals surface area contributed by atoms with Crippen molar-refractivity contribution in [2.24, 2.45) is 0 Å². The quantitative estimate of drug-likeness (QED) is 0.735. The summed E-state index contributed by atoms with van der Waals surface area (Å²) in [6.45, 7) is 0. The van der Waals surface area contributed by atoms with Crippen molar-refractivity contribution in [3.63, 3.8) is 0 Å². The molecule has 6 heteroatoms. The molecule has 0 fully saturated rings. The second-order valence-electron chi connectivity index (χ2n) is 4.32. The number of hydrogen-bond acceptors (Lipinski definition) is 6. The van der Waals surface area contributed by atoms with E-state index < -0.39 is 0 Å². The topological polar surface area (TPSA) is 63.0 Å². The average molecular weight is 289 g/mol. The van der Waals surface area contributed by atoms with E-state index in [9.17, 15) is 0 Å². The second kappa shape index (κ2) is 5.05. The van der Waals surface area contributed by atoms with Gasteiger partial charge in [-0.3, -0.25) is 0 Å². The maximum absolute atomic E-state index is 5.54. The van der Waals surface area contributed by atoms with Gasteiger partial charge in [0, 0.05) is 6.07 Å². The number of furan rings is 1. The second-order valence-corrected chi connectivity index (χ2v) is 4.32. The first kappa shape index (κ1) is 13.4. The molecule has 21 heavy (non-hydrogen) atoms. The minimum absolute atomic E-state index is 0.466. The highest BCUT2D eigenvalue weighted by Crippen LogP contribution is 2.46. The van der Waals surface area contributed by atoms with Gasteiger partial charge in [-0.15, -0.1) is 0 Å². The van der Waals surface area contributed by atoms with Gasteiger partial charge in [0.05, 0.1) is 45.5 Å². The van der Waals surface area contributed by atoms with Crippen molar-refractivity contribution in [1.82, 2.24) is 4.98 Å². The number of pyridine rings is 1. The Hall–Kier alpha value is -2.63. The molecule has 0 saturated heterocycles. The van der Waals surface area contributed by atoms with Gasteiger partial charge < -0.3 is 23.4 Å². The number of ether oxygens (including phenoxy) is 4. The van der Waals surface area contributed by atoms with E-state index in [1.807, 2.05) is 0 Å². The van der Waals surface area contributed by atoms with Crippen LogP contribution < -0.4 is 18.9 Å². The van der Waals surface area contributed by atoms with Gasteiger partial charge in [0.2, 0.25) is 5.71 Å². The summed E-state index contributed by atoms with van der Waals surface area (Å²) in [5.41, 5.74) is 1.03. The van der Waals surface area contributed by atoms with Crippen LogP contribution in [-0.4, -0.2) is 33.4 Å². The third kappa shape index (κ3) is 1.83. The maximum atomic E-state index is 5.54. The van der Waals surface area contributed by atoms with E-state index in [4.69, 9.17) is 23.4 Å². The first-order chi connectivity index (χ1) is 10.2. The van der Waals surface area contributed by atoms with Gasteiger partial charge >= 0.3 is 0 Å². The highest BCUT2D eigenvalue weighted by Gasteiger charge is 2.22. The summed E-state index contributed by atoms with van der Waals surface area (Å²) < 4.78 is 27.1. The van der Waals surface area contributed by atoms with Crippen LogP contribution in [0.15, 0.2) is 22.8 Å². The van der Waals surface area contributed by atoms with Crippen molar-refractivity contribution < 1.29 is 23.4 Å². The lowest BCUT2D eigenvalue weighted by atomic mass is 10.1. The predicted molar refractivity (Wildman–Crippen MR) is 77.7 cm³/mol. The highest BCUT2D eigenvalue weighted by molar-refractivity contribution is 6.05. The summed E-state index contributed by atoms with van der Waals surface area (Å²) in [6.07, 6.45) is 1.56. The minimum atomic E-state index is 0.466. The van der Waals surface area contributed by atoms with Gasteiger partial charge in [-0.2, -0.15) is 0 Å². The van der Waals surface area contributed by atoms with E-state index >= 15 is 0 Å². The zero-order chi connectivity index (χ0) is 15.0. The lowest BCUT2D eigenvalue weighted by Crippen LogP contribution is -1.98. The third-order valence-electron chi connectivity index (χ3n) is 3.36. The van der Waals surface area contributed by atoms with Crippen LogP contribution in [0.25, 0.3) is 22.0 Å². The van der Waals surface area contributed by atoms with E-state index in [1.165, 1.54) is 0 Å². The van der Waals surface area contributed by atoms with Crippen LogP contribution in [0, 0.1) is 0 Å². The SMILES string of the molecule is COc1cc(OC)c2c(OC)c3ccoc3nc2c1OC. The molecule has 0 saturated carbocycles.